The molecule has 7 heavy (non-hydrogen) atoms. The summed E-state index contributed by atoms with van der Waals surface area (Å²) in [6.07, 6.45) is 3.97. The molecule has 0 aromatic rings. The van der Waals surface area contributed by atoms with Gasteiger partial charge in [0.05, 0.1) is 0 Å². The van der Waals surface area contributed by atoms with Crippen LogP contribution in [0.5, 0.6) is 0 Å². The summed E-state index contributed by atoms with van der Waals surface area (Å²) < 4.78 is 0. The van der Waals surface area contributed by atoms with Gasteiger partial charge in [0.1, 0.15) is 0 Å². The van der Waals surface area contributed by atoms with Crippen molar-refractivity contribution in [3.63, 3.8) is 0 Å². The molecule has 0 saturated heterocycles. The number of halogens is 1. The molecule has 0 aromatic carbocycles. The van der Waals surface area contributed by atoms with Crippen LogP contribution in [-0.2, 0) is 0 Å². The molecule has 0 fully saturated rings. The third-order valence-corrected chi connectivity index (χ3v) is 0.987. The van der Waals surface area contributed by atoms with Gasteiger partial charge in [-0.05, 0) is 19.8 Å². The molecule has 0 amide bonds. The standard InChI is InChI=1S/C6H11Cl/c1-3-4-5-6(2)7/h3,6H,1,4-5H2,2H3. The maximum absolute atomic E-state index is 5.61. The predicted molar refractivity (Wildman–Crippen MR) is 34.7 cm³/mol. The molecule has 1 unspecified atom stereocenters. The smallest absolute Gasteiger partial charge is 0.0310 e. The molecule has 0 radical (unpaired) electrons. The minimum Gasteiger partial charge on any atom is -0.123 e. The molecular formula is C6H11Cl. The number of hydrogen-bond donors (Lipinski definition) is 0. The highest BCUT2D eigenvalue weighted by Crippen LogP contribution is 2.02. The Labute approximate surface area is 50.2 Å². The first-order valence-electron chi connectivity index (χ1n) is 2.52. The van der Waals surface area contributed by atoms with Crippen LogP contribution in [0.1, 0.15) is 19.8 Å². The summed E-state index contributed by atoms with van der Waals surface area (Å²) in [6, 6.07) is 0. The van der Waals surface area contributed by atoms with Gasteiger partial charge in [-0.15, -0.1) is 18.2 Å². The van der Waals surface area contributed by atoms with E-state index in [4.69, 9.17) is 11.6 Å². The van der Waals surface area contributed by atoms with Crippen LogP contribution in [-0.4, -0.2) is 5.38 Å². The average molecular weight is 119 g/mol. The van der Waals surface area contributed by atoms with Gasteiger partial charge >= 0.3 is 0 Å². The van der Waals surface area contributed by atoms with Crippen LogP contribution in [0.3, 0.4) is 0 Å². The van der Waals surface area contributed by atoms with E-state index >= 15 is 0 Å². The van der Waals surface area contributed by atoms with E-state index in [0.717, 1.165) is 12.8 Å². The third-order valence-electron chi connectivity index (χ3n) is 0.769. The number of hydrogen-bond acceptors (Lipinski definition) is 0. The van der Waals surface area contributed by atoms with Crippen LogP contribution < -0.4 is 0 Å². The first-order chi connectivity index (χ1) is 3.27. The molecule has 42 valence electrons. The van der Waals surface area contributed by atoms with E-state index in [1.807, 2.05) is 13.0 Å². The topological polar surface area (TPSA) is 0 Å². The lowest BCUT2D eigenvalue weighted by atomic mass is 10.2. The second-order valence-electron chi connectivity index (χ2n) is 1.65. The second-order valence-corrected chi connectivity index (χ2v) is 2.39. The molecule has 1 heteroatoms. The number of allylic oxidation sites excluding steroid dienone is 1. The average Bonchev–Trinajstić information content (AvgIpc) is 1.61. The second kappa shape index (κ2) is 4.20. The highest BCUT2D eigenvalue weighted by molar-refractivity contribution is 6.20. The fourth-order valence-electron chi connectivity index (χ4n) is 0.348. The van der Waals surface area contributed by atoms with Crippen LogP contribution >= 0.6 is 11.6 Å². The van der Waals surface area contributed by atoms with Gasteiger partial charge < -0.3 is 0 Å². The Kier molecular flexibility index (Phi) is 4.21. The number of rotatable bonds is 3. The summed E-state index contributed by atoms with van der Waals surface area (Å²) in [5.41, 5.74) is 0. The molecule has 1 atom stereocenters. The van der Waals surface area contributed by atoms with E-state index in [-0.39, 0.29) is 0 Å². The molecule has 0 aliphatic heterocycles. The van der Waals surface area contributed by atoms with Gasteiger partial charge in [0, 0.05) is 5.38 Å². The minimum absolute atomic E-state index is 0.304. The van der Waals surface area contributed by atoms with Gasteiger partial charge in [0.25, 0.3) is 0 Å². The highest BCUT2D eigenvalue weighted by atomic mass is 35.5. The molecule has 0 spiro atoms. The van der Waals surface area contributed by atoms with Gasteiger partial charge in [0.2, 0.25) is 0 Å². The summed E-state index contributed by atoms with van der Waals surface area (Å²) in [5, 5.41) is 0.304. The molecule has 0 bridgehead atoms. The van der Waals surface area contributed by atoms with Crippen molar-refractivity contribution in [3.8, 4) is 0 Å². The van der Waals surface area contributed by atoms with Crippen molar-refractivity contribution in [3.05, 3.63) is 12.7 Å². The highest BCUT2D eigenvalue weighted by Gasteiger charge is 1.89. The summed E-state index contributed by atoms with van der Waals surface area (Å²) in [6.45, 7) is 5.57. The Hall–Kier alpha value is 0.0300. The fraction of sp³-hybridized carbons (Fsp3) is 0.667. The molecule has 0 aromatic heterocycles. The lowest BCUT2D eigenvalue weighted by Crippen LogP contribution is -1.86. The minimum atomic E-state index is 0.304. The van der Waals surface area contributed by atoms with Gasteiger partial charge in [-0.1, -0.05) is 6.08 Å². The molecule has 0 heterocycles. The Balaban J connectivity index is 2.81. The molecule has 0 nitrogen and oxygen atoms in total. The molecule has 0 rings (SSSR count). The first kappa shape index (κ1) is 7.03. The monoisotopic (exact) mass is 118 g/mol. The molecule has 0 aliphatic rings. The van der Waals surface area contributed by atoms with Gasteiger partial charge in [-0.3, -0.25) is 0 Å². The predicted octanol–water partition coefficient (Wildman–Crippen LogP) is 2.58. The van der Waals surface area contributed by atoms with Gasteiger partial charge in [0.15, 0.2) is 0 Å². The van der Waals surface area contributed by atoms with Crippen LogP contribution in [0.25, 0.3) is 0 Å². The summed E-state index contributed by atoms with van der Waals surface area (Å²) >= 11 is 5.61. The van der Waals surface area contributed by atoms with Crippen LogP contribution in [0.4, 0.5) is 0 Å². The van der Waals surface area contributed by atoms with Gasteiger partial charge in [-0.2, -0.15) is 0 Å². The summed E-state index contributed by atoms with van der Waals surface area (Å²) in [4.78, 5) is 0. The van der Waals surface area contributed by atoms with E-state index in [2.05, 4.69) is 6.58 Å². The Morgan fingerprint density at radius 3 is 2.57 bits per heavy atom. The van der Waals surface area contributed by atoms with Crippen molar-refractivity contribution in [2.75, 3.05) is 0 Å². The largest absolute Gasteiger partial charge is 0.123 e. The SMILES string of the molecule is C=CCCC(C)Cl. The normalized spacial score (nSPS) is 13.4. The molecule has 0 aliphatic carbocycles. The molecule has 0 saturated carbocycles. The fourth-order valence-corrected chi connectivity index (χ4v) is 0.474. The Morgan fingerprint density at radius 2 is 2.43 bits per heavy atom. The van der Waals surface area contributed by atoms with E-state index < -0.39 is 0 Å². The van der Waals surface area contributed by atoms with Crippen LogP contribution in [0, 0.1) is 0 Å². The lowest BCUT2D eigenvalue weighted by Gasteiger charge is -1.94. The quantitative estimate of drug-likeness (QED) is 0.395. The van der Waals surface area contributed by atoms with Crippen LogP contribution in [0.15, 0.2) is 12.7 Å². The van der Waals surface area contributed by atoms with Crippen molar-refractivity contribution in [1.29, 1.82) is 0 Å². The van der Waals surface area contributed by atoms with E-state index in [1.165, 1.54) is 0 Å². The maximum Gasteiger partial charge on any atom is 0.0310 e. The van der Waals surface area contributed by atoms with Crippen molar-refractivity contribution in [2.24, 2.45) is 0 Å². The zero-order valence-electron chi connectivity index (χ0n) is 4.65. The maximum atomic E-state index is 5.61. The van der Waals surface area contributed by atoms with E-state index in [9.17, 15) is 0 Å². The van der Waals surface area contributed by atoms with E-state index in [1.54, 1.807) is 0 Å². The Bertz CT molecular complexity index is 48.1. The zero-order valence-corrected chi connectivity index (χ0v) is 5.41. The van der Waals surface area contributed by atoms with Crippen molar-refractivity contribution in [1.82, 2.24) is 0 Å². The number of alkyl halides is 1. The van der Waals surface area contributed by atoms with Crippen LogP contribution in [0.2, 0.25) is 0 Å². The molecular weight excluding hydrogens is 108 g/mol. The van der Waals surface area contributed by atoms with Crippen molar-refractivity contribution >= 4 is 11.6 Å². The lowest BCUT2D eigenvalue weighted by molar-refractivity contribution is 0.824. The van der Waals surface area contributed by atoms with E-state index in [0.29, 0.717) is 5.38 Å². The van der Waals surface area contributed by atoms with Crippen molar-refractivity contribution < 1.29 is 0 Å². The first-order valence-corrected chi connectivity index (χ1v) is 2.96. The third kappa shape index (κ3) is 6.03. The summed E-state index contributed by atoms with van der Waals surface area (Å²) in [5.74, 6) is 0. The Morgan fingerprint density at radius 1 is 1.86 bits per heavy atom. The van der Waals surface area contributed by atoms with Crippen molar-refractivity contribution in [2.45, 2.75) is 25.1 Å². The zero-order chi connectivity index (χ0) is 5.70. The summed E-state index contributed by atoms with van der Waals surface area (Å²) in [7, 11) is 0. The van der Waals surface area contributed by atoms with Gasteiger partial charge in [-0.25, -0.2) is 0 Å². The molecule has 0 N–H and O–H groups in total.